The number of aryl methyl sites for hydroxylation is 1. The molecule has 0 aromatic carbocycles. The summed E-state index contributed by atoms with van der Waals surface area (Å²) in [6.07, 6.45) is 1.41. The van der Waals surface area contributed by atoms with Gasteiger partial charge in [0.1, 0.15) is 5.82 Å². The van der Waals surface area contributed by atoms with Crippen LogP contribution in [0.3, 0.4) is 0 Å². The van der Waals surface area contributed by atoms with E-state index in [0.29, 0.717) is 0 Å². The molecule has 0 unspecified atom stereocenters. The number of pyridine rings is 1. The van der Waals surface area contributed by atoms with E-state index in [1.165, 1.54) is 23.8 Å². The Kier molecular flexibility index (Phi) is 4.26. The fourth-order valence-electron chi connectivity index (χ4n) is 0.737. The number of nitrogens with zero attached hydrogens (tertiary/aromatic N) is 1. The largest absolute Gasteiger partial charge is 0.318 e. The van der Waals surface area contributed by atoms with E-state index in [4.69, 9.17) is 0 Å². The maximum Gasteiger partial charge on any atom is 0.256 e. The summed E-state index contributed by atoms with van der Waals surface area (Å²) in [4.78, 5) is 10.9. The molecule has 0 N–H and O–H groups in total. The Bertz CT molecular complexity index is 304. The van der Waals surface area contributed by atoms with Crippen LogP contribution in [0.5, 0.6) is 0 Å². The molecule has 0 aliphatic rings. The van der Waals surface area contributed by atoms with Gasteiger partial charge in [0.15, 0.2) is 0 Å². The van der Waals surface area contributed by atoms with E-state index in [-0.39, 0.29) is 11.1 Å². The second kappa shape index (κ2) is 4.70. The van der Waals surface area contributed by atoms with Gasteiger partial charge >= 0.3 is 0 Å². The first-order valence-corrected chi connectivity index (χ1v) is 3.94. The SMILES string of the molecule is CC.Cc1c(F)ccn(C)c1=O. The highest BCUT2D eigenvalue weighted by molar-refractivity contribution is 5.10. The van der Waals surface area contributed by atoms with Crippen LogP contribution in [0.25, 0.3) is 0 Å². The monoisotopic (exact) mass is 171 g/mol. The van der Waals surface area contributed by atoms with Gasteiger partial charge < -0.3 is 4.57 Å². The van der Waals surface area contributed by atoms with Crippen LogP contribution in [0.1, 0.15) is 19.4 Å². The molecule has 0 atom stereocenters. The first-order valence-electron chi connectivity index (χ1n) is 3.94. The molecule has 0 aliphatic heterocycles. The smallest absolute Gasteiger partial charge is 0.256 e. The van der Waals surface area contributed by atoms with Gasteiger partial charge in [-0.2, -0.15) is 0 Å². The van der Waals surface area contributed by atoms with Crippen molar-refractivity contribution in [3.63, 3.8) is 0 Å². The summed E-state index contributed by atoms with van der Waals surface area (Å²) in [6, 6.07) is 1.27. The third kappa shape index (κ3) is 2.19. The van der Waals surface area contributed by atoms with E-state index in [2.05, 4.69) is 0 Å². The van der Waals surface area contributed by atoms with Gasteiger partial charge in [-0.05, 0) is 13.0 Å². The molecule has 68 valence electrons. The van der Waals surface area contributed by atoms with Gasteiger partial charge in [-0.3, -0.25) is 4.79 Å². The number of aromatic nitrogens is 1. The lowest BCUT2D eigenvalue weighted by Crippen LogP contribution is -2.19. The quantitative estimate of drug-likeness (QED) is 0.584. The lowest BCUT2D eigenvalue weighted by molar-refractivity contribution is 0.605. The Labute approximate surface area is 71.7 Å². The van der Waals surface area contributed by atoms with Crippen LogP contribution in [-0.4, -0.2) is 4.57 Å². The fraction of sp³-hybridized carbons (Fsp3) is 0.444. The van der Waals surface area contributed by atoms with Crippen LogP contribution in [0.15, 0.2) is 17.1 Å². The van der Waals surface area contributed by atoms with Crippen LogP contribution >= 0.6 is 0 Å². The highest BCUT2D eigenvalue weighted by Crippen LogP contribution is 1.96. The normalized spacial score (nSPS) is 8.75. The van der Waals surface area contributed by atoms with Gasteiger partial charge in [-0.1, -0.05) is 13.8 Å². The molecule has 0 aliphatic carbocycles. The van der Waals surface area contributed by atoms with Crippen LogP contribution in [0.2, 0.25) is 0 Å². The molecule has 0 radical (unpaired) electrons. The van der Waals surface area contributed by atoms with Crippen molar-refractivity contribution >= 4 is 0 Å². The summed E-state index contributed by atoms with van der Waals surface area (Å²) in [5, 5.41) is 0. The molecule has 0 fully saturated rings. The molecular formula is C9H14FNO. The zero-order chi connectivity index (χ0) is 9.72. The van der Waals surface area contributed by atoms with Crippen LogP contribution in [0, 0.1) is 12.7 Å². The summed E-state index contributed by atoms with van der Waals surface area (Å²) < 4.78 is 13.9. The molecule has 0 saturated carbocycles. The second-order valence-corrected chi connectivity index (χ2v) is 2.20. The Morgan fingerprint density at radius 2 is 1.92 bits per heavy atom. The average Bonchev–Trinajstić information content (AvgIpc) is 2.12. The number of rotatable bonds is 0. The van der Waals surface area contributed by atoms with Crippen molar-refractivity contribution in [2.24, 2.45) is 7.05 Å². The molecule has 0 bridgehead atoms. The van der Waals surface area contributed by atoms with Crippen molar-refractivity contribution < 1.29 is 4.39 Å². The van der Waals surface area contributed by atoms with Crippen molar-refractivity contribution in [2.45, 2.75) is 20.8 Å². The molecule has 0 amide bonds. The topological polar surface area (TPSA) is 22.0 Å². The van der Waals surface area contributed by atoms with Crippen molar-refractivity contribution in [1.29, 1.82) is 0 Å². The van der Waals surface area contributed by atoms with Gasteiger partial charge in [0, 0.05) is 13.2 Å². The van der Waals surface area contributed by atoms with Gasteiger partial charge in [-0.25, -0.2) is 4.39 Å². The maximum absolute atomic E-state index is 12.5. The van der Waals surface area contributed by atoms with Crippen molar-refractivity contribution in [3.05, 3.63) is 34.0 Å². The molecule has 2 nitrogen and oxygen atoms in total. The summed E-state index contributed by atoms with van der Waals surface area (Å²) in [5.41, 5.74) is -0.106. The van der Waals surface area contributed by atoms with Gasteiger partial charge in [0.25, 0.3) is 5.56 Å². The minimum absolute atomic E-state index is 0.171. The van der Waals surface area contributed by atoms with E-state index in [1.54, 1.807) is 7.05 Å². The van der Waals surface area contributed by atoms with E-state index in [9.17, 15) is 9.18 Å². The molecular weight excluding hydrogens is 157 g/mol. The standard InChI is InChI=1S/C7H8FNO.C2H6/c1-5-6(8)3-4-9(2)7(5)10;1-2/h3-4H,1-2H3;1-2H3. The summed E-state index contributed by atoms with van der Waals surface area (Å²) >= 11 is 0. The molecule has 0 spiro atoms. The second-order valence-electron chi connectivity index (χ2n) is 2.20. The molecule has 1 rings (SSSR count). The highest BCUT2D eigenvalue weighted by atomic mass is 19.1. The Morgan fingerprint density at radius 1 is 1.42 bits per heavy atom. The summed E-state index contributed by atoms with van der Waals surface area (Å²) in [5.74, 6) is -0.442. The third-order valence-electron chi connectivity index (χ3n) is 1.44. The molecule has 1 aromatic heterocycles. The predicted molar refractivity (Wildman–Crippen MR) is 47.7 cm³/mol. The zero-order valence-electron chi connectivity index (χ0n) is 7.89. The van der Waals surface area contributed by atoms with E-state index in [1.807, 2.05) is 13.8 Å². The van der Waals surface area contributed by atoms with Gasteiger partial charge in [0.2, 0.25) is 0 Å². The van der Waals surface area contributed by atoms with Gasteiger partial charge in [-0.15, -0.1) is 0 Å². The van der Waals surface area contributed by atoms with E-state index in [0.717, 1.165) is 0 Å². The maximum atomic E-state index is 12.5. The van der Waals surface area contributed by atoms with E-state index >= 15 is 0 Å². The number of halogens is 1. The van der Waals surface area contributed by atoms with E-state index < -0.39 is 5.82 Å². The molecule has 0 saturated heterocycles. The molecule has 1 heterocycles. The van der Waals surface area contributed by atoms with Gasteiger partial charge in [0.05, 0.1) is 5.56 Å². The third-order valence-corrected chi connectivity index (χ3v) is 1.44. The average molecular weight is 171 g/mol. The first-order chi connectivity index (χ1) is 5.63. The van der Waals surface area contributed by atoms with Crippen molar-refractivity contribution in [1.82, 2.24) is 4.57 Å². The minimum atomic E-state index is -0.442. The Hall–Kier alpha value is -1.12. The first kappa shape index (κ1) is 10.9. The van der Waals surface area contributed by atoms with Crippen molar-refractivity contribution in [3.8, 4) is 0 Å². The predicted octanol–water partition coefficient (Wildman–Crippen LogP) is 1.86. The Morgan fingerprint density at radius 3 is 2.33 bits per heavy atom. The fourth-order valence-corrected chi connectivity index (χ4v) is 0.737. The zero-order valence-corrected chi connectivity index (χ0v) is 7.89. The molecule has 1 aromatic rings. The summed E-state index contributed by atoms with van der Waals surface area (Å²) in [7, 11) is 1.59. The molecule has 3 heteroatoms. The van der Waals surface area contributed by atoms with Crippen LogP contribution in [-0.2, 0) is 7.05 Å². The summed E-state index contributed by atoms with van der Waals surface area (Å²) in [6.45, 7) is 5.47. The number of hydrogen-bond donors (Lipinski definition) is 0. The lowest BCUT2D eigenvalue weighted by atomic mass is 10.3. The van der Waals surface area contributed by atoms with Crippen molar-refractivity contribution in [2.75, 3.05) is 0 Å². The van der Waals surface area contributed by atoms with Crippen LogP contribution < -0.4 is 5.56 Å². The minimum Gasteiger partial charge on any atom is -0.318 e. The Balaban J connectivity index is 0.000000561. The number of hydrogen-bond acceptors (Lipinski definition) is 1. The molecule has 12 heavy (non-hydrogen) atoms. The highest BCUT2D eigenvalue weighted by Gasteiger charge is 2.00. The van der Waals surface area contributed by atoms with Crippen LogP contribution in [0.4, 0.5) is 4.39 Å². The lowest BCUT2D eigenvalue weighted by Gasteiger charge is -1.97.